The molecule has 1 aromatic carbocycles. The molecular formula is C31H44N4O8. The maximum atomic E-state index is 12.5. The van der Waals surface area contributed by atoms with Crippen molar-refractivity contribution >= 4 is 29.2 Å². The molecular weight excluding hydrogens is 556 g/mol. The van der Waals surface area contributed by atoms with E-state index in [1.54, 1.807) is 6.21 Å². The normalized spacial score (nSPS) is 39.1. The molecule has 0 radical (unpaired) electrons. The number of fused-ring (bicyclic) bond motifs is 5. The first-order valence-corrected chi connectivity index (χ1v) is 15.5. The Bertz CT molecular complexity index is 1310. The van der Waals surface area contributed by atoms with Gasteiger partial charge in [-0.3, -0.25) is 30.0 Å². The lowest BCUT2D eigenvalue weighted by Gasteiger charge is -2.52. The van der Waals surface area contributed by atoms with Crippen molar-refractivity contribution in [2.24, 2.45) is 51.3 Å². The molecule has 0 spiro atoms. The van der Waals surface area contributed by atoms with E-state index in [4.69, 9.17) is 0 Å². The average molecular weight is 601 g/mol. The summed E-state index contributed by atoms with van der Waals surface area (Å²) in [5.41, 5.74) is -2.19. The quantitative estimate of drug-likeness (QED) is 0.154. The highest BCUT2D eigenvalue weighted by Crippen LogP contribution is 2.72. The Balaban J connectivity index is 1.42. The van der Waals surface area contributed by atoms with Gasteiger partial charge in [-0.1, -0.05) is 20.8 Å². The second-order valence-corrected chi connectivity index (χ2v) is 14.1. The smallest absolute Gasteiger partial charge is 0.303 e. The van der Waals surface area contributed by atoms with Crippen LogP contribution in [0, 0.1) is 66.6 Å². The van der Waals surface area contributed by atoms with Crippen LogP contribution < -0.4 is 5.32 Å². The zero-order valence-electron chi connectivity index (χ0n) is 25.1. The van der Waals surface area contributed by atoms with Crippen LogP contribution >= 0.6 is 0 Å². The molecule has 4 N–H and O–H groups in total. The molecule has 0 aliphatic heterocycles. The minimum atomic E-state index is -1.15. The van der Waals surface area contributed by atoms with Crippen molar-refractivity contribution in [1.29, 1.82) is 0 Å². The number of nitro benzene ring substituents is 2. The zero-order valence-corrected chi connectivity index (χ0v) is 25.1. The Kier molecular flexibility index (Phi) is 8.32. The van der Waals surface area contributed by atoms with Crippen molar-refractivity contribution in [1.82, 2.24) is 0 Å². The molecule has 1 aromatic rings. The number of hydrogen-bond donors (Lipinski definition) is 4. The zero-order chi connectivity index (χ0) is 31.3. The third-order valence-electron chi connectivity index (χ3n) is 12.2. The van der Waals surface area contributed by atoms with Crippen LogP contribution in [-0.2, 0) is 4.79 Å². The Morgan fingerprint density at radius 2 is 1.88 bits per heavy atom. The lowest BCUT2D eigenvalue weighted by molar-refractivity contribution is -0.393. The van der Waals surface area contributed by atoms with Crippen molar-refractivity contribution in [3.8, 4) is 0 Å². The Morgan fingerprint density at radius 3 is 2.56 bits per heavy atom. The number of non-ortho nitro benzene ring substituents is 1. The third kappa shape index (κ3) is 5.20. The molecule has 4 aliphatic rings. The summed E-state index contributed by atoms with van der Waals surface area (Å²) in [5.74, 6) is 0.324. The summed E-state index contributed by atoms with van der Waals surface area (Å²) in [5, 5.41) is 58.1. The Labute approximate surface area is 251 Å². The van der Waals surface area contributed by atoms with Crippen molar-refractivity contribution in [2.75, 3.05) is 12.0 Å². The van der Waals surface area contributed by atoms with Gasteiger partial charge >= 0.3 is 5.97 Å². The fourth-order valence-electron chi connectivity index (χ4n) is 10.1. The molecule has 236 valence electrons. The van der Waals surface area contributed by atoms with Crippen LogP contribution in [0.3, 0.4) is 0 Å². The van der Waals surface area contributed by atoms with Crippen molar-refractivity contribution in [2.45, 2.75) is 90.3 Å². The minimum absolute atomic E-state index is 0.0152. The summed E-state index contributed by atoms with van der Waals surface area (Å²) >= 11 is 0. The highest BCUT2D eigenvalue weighted by Gasteiger charge is 2.71. The maximum absolute atomic E-state index is 12.5. The number of anilines is 1. The van der Waals surface area contributed by atoms with Crippen molar-refractivity contribution in [3.63, 3.8) is 0 Å². The van der Waals surface area contributed by atoms with Crippen LogP contribution in [0.25, 0.3) is 0 Å². The van der Waals surface area contributed by atoms with Gasteiger partial charge in [-0.25, -0.2) is 0 Å². The lowest BCUT2D eigenvalue weighted by Crippen LogP contribution is -2.54. The van der Waals surface area contributed by atoms with E-state index in [0.717, 1.165) is 38.2 Å². The van der Waals surface area contributed by atoms with E-state index in [-0.39, 0.29) is 65.4 Å². The van der Waals surface area contributed by atoms with Gasteiger partial charge in [0.2, 0.25) is 0 Å². The van der Waals surface area contributed by atoms with Crippen molar-refractivity contribution < 1.29 is 30.0 Å². The number of hydrogen-bond acceptors (Lipinski definition) is 9. The number of nitrogens with zero attached hydrogens (tertiary/aromatic N) is 3. The standard InChI is InChI=1S/C31H44N4O8/c1-18(4-9-27(37)38)21-6-7-22-28-23(11-12-29(21,22)2)30(3)13-10-20(36)15-31(30,39)24(28)16-32-17-33-25-8-5-19(34(40)41)14-26(25)35(42)43/h5,8,14,16,18,20-24,28,33,36,39H,4,6-7,9-13,15,17H2,1-3H3,(H,37,38)/b32-16+/t18-,20+,21-,22?,23?,24-,28?,29-,30-,31-/m1/s1. The van der Waals surface area contributed by atoms with Crippen LogP contribution in [0.15, 0.2) is 23.2 Å². The second kappa shape index (κ2) is 11.4. The fourth-order valence-corrected chi connectivity index (χ4v) is 10.1. The van der Waals surface area contributed by atoms with Crippen molar-refractivity contribution in [3.05, 3.63) is 38.4 Å². The van der Waals surface area contributed by atoms with Gasteiger partial charge in [0.1, 0.15) is 12.4 Å². The number of aliphatic hydroxyl groups excluding tert-OH is 1. The summed E-state index contributed by atoms with van der Waals surface area (Å²) in [6.07, 6.45) is 7.69. The predicted octanol–water partition coefficient (Wildman–Crippen LogP) is 5.41. The molecule has 10 atom stereocenters. The van der Waals surface area contributed by atoms with Gasteiger partial charge in [-0.2, -0.15) is 0 Å². The van der Waals surface area contributed by atoms with Gasteiger partial charge in [0.25, 0.3) is 11.4 Å². The number of nitro groups is 2. The number of rotatable bonds is 10. The number of carboxylic acids is 1. The van der Waals surface area contributed by atoms with E-state index in [0.29, 0.717) is 24.7 Å². The monoisotopic (exact) mass is 600 g/mol. The first-order chi connectivity index (χ1) is 20.2. The molecule has 0 amide bonds. The largest absolute Gasteiger partial charge is 0.481 e. The molecule has 12 nitrogen and oxygen atoms in total. The number of aliphatic carboxylic acids is 1. The van der Waals surface area contributed by atoms with Gasteiger partial charge in [0.05, 0.1) is 27.6 Å². The molecule has 4 aliphatic carbocycles. The van der Waals surface area contributed by atoms with Gasteiger partial charge in [-0.15, -0.1) is 0 Å². The number of carbonyl (C=O) groups is 1. The van der Waals surface area contributed by atoms with E-state index >= 15 is 0 Å². The van der Waals surface area contributed by atoms with Crippen LogP contribution in [-0.4, -0.2) is 55.7 Å². The molecule has 0 aromatic heterocycles. The average Bonchev–Trinajstić information content (AvgIpc) is 3.39. The van der Waals surface area contributed by atoms with Crippen LogP contribution in [0.4, 0.5) is 17.1 Å². The molecule has 12 heteroatoms. The lowest BCUT2D eigenvalue weighted by atomic mass is 9.53. The number of aliphatic imine (C=N–C) groups is 1. The Morgan fingerprint density at radius 1 is 1.14 bits per heavy atom. The first-order valence-electron chi connectivity index (χ1n) is 15.5. The fraction of sp³-hybridized carbons (Fsp3) is 0.742. The summed E-state index contributed by atoms with van der Waals surface area (Å²) in [7, 11) is 0. The number of carboxylic acid groups (broad SMARTS) is 1. The molecule has 4 saturated carbocycles. The van der Waals surface area contributed by atoms with Crippen LogP contribution in [0.5, 0.6) is 0 Å². The molecule has 0 heterocycles. The number of nitrogens with one attached hydrogen (secondary N) is 1. The third-order valence-corrected chi connectivity index (χ3v) is 12.2. The van der Waals surface area contributed by atoms with E-state index in [9.17, 15) is 40.3 Å². The molecule has 4 fully saturated rings. The first kappa shape index (κ1) is 31.3. The maximum Gasteiger partial charge on any atom is 0.303 e. The Hall–Kier alpha value is -3.12. The SMILES string of the molecule is C[C@H](CCC(=O)O)[C@H]1CCC2C3C(CC[C@@]21C)[C@@]1(C)CC[C@H](O)C[C@@]1(O)[C@@H]3/C=N/CNc1ccc([N+](=O)[O-])cc1[N+](=O)[O-]. The molecule has 3 unspecified atom stereocenters. The molecule has 43 heavy (non-hydrogen) atoms. The van der Waals surface area contributed by atoms with E-state index in [1.165, 1.54) is 12.1 Å². The van der Waals surface area contributed by atoms with Gasteiger partial charge in [0.15, 0.2) is 0 Å². The highest BCUT2D eigenvalue weighted by atomic mass is 16.6. The molecule has 5 rings (SSSR count). The summed E-state index contributed by atoms with van der Waals surface area (Å²) in [4.78, 5) is 37.2. The van der Waals surface area contributed by atoms with E-state index < -0.39 is 33.2 Å². The minimum Gasteiger partial charge on any atom is -0.481 e. The number of benzene rings is 1. The van der Waals surface area contributed by atoms with Gasteiger partial charge in [0, 0.05) is 36.5 Å². The van der Waals surface area contributed by atoms with Crippen LogP contribution in [0.2, 0.25) is 0 Å². The van der Waals surface area contributed by atoms with E-state index in [1.807, 2.05) is 0 Å². The van der Waals surface area contributed by atoms with Crippen LogP contribution in [0.1, 0.15) is 78.6 Å². The topological polar surface area (TPSA) is 188 Å². The van der Waals surface area contributed by atoms with E-state index in [2.05, 4.69) is 31.1 Å². The molecule has 0 bridgehead atoms. The highest BCUT2D eigenvalue weighted by molar-refractivity contribution is 5.68. The predicted molar refractivity (Wildman–Crippen MR) is 160 cm³/mol. The summed E-state index contributed by atoms with van der Waals surface area (Å²) in [6, 6.07) is 3.42. The summed E-state index contributed by atoms with van der Waals surface area (Å²) in [6.45, 7) is 6.69. The van der Waals surface area contributed by atoms with Gasteiger partial charge in [-0.05, 0) is 86.0 Å². The number of aliphatic hydroxyl groups is 2. The van der Waals surface area contributed by atoms with Gasteiger partial charge < -0.3 is 20.6 Å². The molecule has 0 saturated heterocycles. The second-order valence-electron chi connectivity index (χ2n) is 14.1. The summed E-state index contributed by atoms with van der Waals surface area (Å²) < 4.78 is 0.